The molecule has 0 amide bonds. The van der Waals surface area contributed by atoms with Crippen LogP contribution in [-0.2, 0) is 10.8 Å². The highest BCUT2D eigenvalue weighted by Gasteiger charge is 2.42. The Morgan fingerprint density at radius 1 is 0.500 bits per heavy atom. The molecule has 8 aromatic carbocycles. The second-order valence-electron chi connectivity index (χ2n) is 16.0. The van der Waals surface area contributed by atoms with E-state index < -0.39 is 0 Å². The first-order valence-corrected chi connectivity index (χ1v) is 18.9. The summed E-state index contributed by atoms with van der Waals surface area (Å²) in [5.41, 5.74) is 17.0. The van der Waals surface area contributed by atoms with E-state index in [2.05, 4.69) is 172 Å². The minimum Gasteiger partial charge on any atom is -0.456 e. The zero-order valence-corrected chi connectivity index (χ0v) is 30.9. The van der Waals surface area contributed by atoms with E-state index in [4.69, 9.17) is 5.79 Å². The fourth-order valence-electron chi connectivity index (χ4n) is 9.91. The Bertz CT molecular complexity index is 3060. The van der Waals surface area contributed by atoms with Crippen molar-refractivity contribution in [3.05, 3.63) is 186 Å². The smallest absolute Gasteiger partial charge is 0.137 e. The molecule has 1 aromatic heterocycles. The largest absolute Gasteiger partial charge is 0.456 e. The molecular weight excluding hydrogens is 655 g/mol. The lowest BCUT2D eigenvalue weighted by molar-refractivity contribution is 0.660. The van der Waals surface area contributed by atoms with E-state index in [9.17, 15) is 0 Å². The molecule has 0 N–H and O–H groups in total. The van der Waals surface area contributed by atoms with Gasteiger partial charge in [0, 0.05) is 32.9 Å². The lowest BCUT2D eigenvalue weighted by Gasteiger charge is -2.33. The minimum absolute atomic E-state index is 0.188. The van der Waals surface area contributed by atoms with E-state index in [1.807, 2.05) is 18.2 Å². The summed E-state index contributed by atoms with van der Waals surface area (Å²) in [6.07, 6.45) is 0. The van der Waals surface area contributed by atoms with Crippen molar-refractivity contribution < 1.29 is 5.79 Å². The fourth-order valence-corrected chi connectivity index (χ4v) is 9.91. The van der Waals surface area contributed by atoms with Crippen molar-refractivity contribution in [3.8, 4) is 33.4 Å². The Morgan fingerprint density at radius 2 is 1.13 bits per heavy atom. The molecule has 0 fully saturated rings. The van der Waals surface area contributed by atoms with Gasteiger partial charge in [-0.3, -0.25) is 0 Å². The molecule has 0 spiro atoms. The van der Waals surface area contributed by atoms with Gasteiger partial charge in [-0.2, -0.15) is 0 Å². The molecule has 258 valence electrons. The molecule has 0 atom stereocenters. The molecule has 54 heavy (non-hydrogen) atoms. The summed E-state index contributed by atoms with van der Waals surface area (Å²) in [6, 6.07) is 57.4. The van der Waals surface area contributed by atoms with Crippen molar-refractivity contribution >= 4 is 49.8 Å². The molecule has 0 aliphatic heterocycles. The molecule has 11 rings (SSSR count). The molecule has 2 aliphatic rings. The van der Waals surface area contributed by atoms with Gasteiger partial charge < -0.3 is 9.32 Å². The maximum absolute atomic E-state index is 9.08. The third-order valence-electron chi connectivity index (χ3n) is 12.3. The van der Waals surface area contributed by atoms with Gasteiger partial charge in [0.2, 0.25) is 0 Å². The second kappa shape index (κ2) is 11.1. The maximum Gasteiger partial charge on any atom is 0.137 e. The normalized spacial score (nSPS) is 14.9. The number of hydrogen-bond donors (Lipinski definition) is 0. The van der Waals surface area contributed by atoms with Gasteiger partial charge in [0.1, 0.15) is 11.2 Å². The van der Waals surface area contributed by atoms with Gasteiger partial charge in [0.05, 0.1) is 18.1 Å². The molecule has 2 heteroatoms. The Kier molecular flexibility index (Phi) is 6.17. The molecule has 0 bridgehead atoms. The average Bonchev–Trinajstić information content (AvgIpc) is 3.80. The maximum atomic E-state index is 9.08. The van der Waals surface area contributed by atoms with Crippen LogP contribution in [0.1, 0.15) is 51.3 Å². The highest BCUT2D eigenvalue weighted by Crippen LogP contribution is 2.61. The first kappa shape index (κ1) is 30.1. The number of anilines is 3. The molecule has 9 aromatic rings. The zero-order chi connectivity index (χ0) is 37.2. The van der Waals surface area contributed by atoms with E-state index >= 15 is 0 Å². The predicted molar refractivity (Wildman–Crippen MR) is 226 cm³/mol. The minimum atomic E-state index is -0.286. The van der Waals surface area contributed by atoms with Crippen LogP contribution in [0.3, 0.4) is 0 Å². The fraction of sp³-hybridized carbons (Fsp3) is 0.115. The first-order valence-electron chi connectivity index (χ1n) is 19.4. The monoisotopic (exact) mass is 694 g/mol. The number of fused-ring (bicyclic) bond motifs is 10. The summed E-state index contributed by atoms with van der Waals surface area (Å²) in [5, 5.41) is 4.34. The summed E-state index contributed by atoms with van der Waals surface area (Å²) in [6.45, 7) is 9.48. The van der Waals surface area contributed by atoms with E-state index in [-0.39, 0.29) is 10.8 Å². The number of benzene rings is 8. The topological polar surface area (TPSA) is 16.4 Å². The van der Waals surface area contributed by atoms with E-state index in [0.29, 0.717) is 11.6 Å². The van der Waals surface area contributed by atoms with E-state index in [0.717, 1.165) is 33.4 Å². The number of furan rings is 1. The average molecular weight is 695 g/mol. The molecular formula is C52H39NO. The molecule has 0 radical (unpaired) electrons. The second-order valence-corrected chi connectivity index (χ2v) is 16.0. The zero-order valence-electron chi connectivity index (χ0n) is 31.9. The molecule has 2 nitrogen and oxygen atoms in total. The standard InChI is InChI=1S/C52H39NO/c1-51(2)40-24-13-10-19-34(40)35-30-29-33(31-42(35)51)53(43-26-16-28-45-47(43)39-23-12-15-27-44(39)54-45)50-37-21-9-8-20-36(37)46(32-17-6-5-7-18-32)49-48(50)38-22-11-14-25-41(38)52(49,3)4/h5-31H,1-4H3/i28D. The van der Waals surface area contributed by atoms with Crippen molar-refractivity contribution in [2.75, 3.05) is 4.90 Å². The Labute approximate surface area is 317 Å². The molecule has 1 heterocycles. The SMILES string of the molecule is [2H]c1ccc(N(c2ccc3c(c2)C(C)(C)c2ccccc2-3)c2c3c(c(-c4ccccc4)c4ccccc24)C(C)(C)c2ccccc2-3)c2c1oc1ccccc12. The van der Waals surface area contributed by atoms with Crippen molar-refractivity contribution in [3.63, 3.8) is 0 Å². The lowest BCUT2D eigenvalue weighted by Crippen LogP contribution is -2.19. The van der Waals surface area contributed by atoms with Crippen LogP contribution in [0.25, 0.3) is 66.1 Å². The Morgan fingerprint density at radius 3 is 1.93 bits per heavy atom. The van der Waals surface area contributed by atoms with Gasteiger partial charge in [0.15, 0.2) is 0 Å². The number of nitrogens with zero attached hydrogens (tertiary/aromatic N) is 1. The van der Waals surface area contributed by atoms with Gasteiger partial charge in [-0.05, 0) is 85.8 Å². The van der Waals surface area contributed by atoms with Crippen molar-refractivity contribution in [2.45, 2.75) is 38.5 Å². The van der Waals surface area contributed by atoms with Gasteiger partial charge >= 0.3 is 0 Å². The quantitative estimate of drug-likeness (QED) is 0.182. The third kappa shape index (κ3) is 4.11. The van der Waals surface area contributed by atoms with E-state index in [1.165, 1.54) is 66.4 Å². The number of rotatable bonds is 4. The highest BCUT2D eigenvalue weighted by molar-refractivity contribution is 6.20. The lowest BCUT2D eigenvalue weighted by atomic mass is 9.76. The van der Waals surface area contributed by atoms with Gasteiger partial charge in [-0.25, -0.2) is 0 Å². The Hall–Kier alpha value is -6.38. The summed E-state index contributed by atoms with van der Waals surface area (Å²) < 4.78 is 15.6. The van der Waals surface area contributed by atoms with Crippen LogP contribution in [-0.4, -0.2) is 0 Å². The number of hydrogen-bond acceptors (Lipinski definition) is 2. The summed E-state index contributed by atoms with van der Waals surface area (Å²) in [5.74, 6) is 0. The van der Waals surface area contributed by atoms with Crippen LogP contribution in [0, 0.1) is 0 Å². The molecule has 0 saturated heterocycles. The third-order valence-corrected chi connectivity index (χ3v) is 12.3. The van der Waals surface area contributed by atoms with Crippen molar-refractivity contribution in [1.29, 1.82) is 0 Å². The van der Waals surface area contributed by atoms with E-state index in [1.54, 1.807) is 0 Å². The molecule has 0 saturated carbocycles. The van der Waals surface area contributed by atoms with Crippen molar-refractivity contribution in [1.82, 2.24) is 0 Å². The molecule has 0 unspecified atom stereocenters. The van der Waals surface area contributed by atoms with Crippen LogP contribution < -0.4 is 4.90 Å². The van der Waals surface area contributed by atoms with Crippen LogP contribution in [0.5, 0.6) is 0 Å². The highest BCUT2D eigenvalue weighted by atomic mass is 16.3. The van der Waals surface area contributed by atoms with Crippen LogP contribution in [0.15, 0.2) is 168 Å². The predicted octanol–water partition coefficient (Wildman–Crippen LogP) is 14.5. The van der Waals surface area contributed by atoms with Gasteiger partial charge in [0.25, 0.3) is 0 Å². The Balaban J connectivity index is 1.34. The molecule has 2 aliphatic carbocycles. The summed E-state index contributed by atoms with van der Waals surface area (Å²) >= 11 is 0. The van der Waals surface area contributed by atoms with Gasteiger partial charge in [-0.15, -0.1) is 0 Å². The van der Waals surface area contributed by atoms with Crippen LogP contribution in [0.2, 0.25) is 0 Å². The van der Waals surface area contributed by atoms with Crippen molar-refractivity contribution in [2.24, 2.45) is 0 Å². The number of para-hydroxylation sites is 1. The summed E-state index contributed by atoms with van der Waals surface area (Å²) in [4.78, 5) is 2.50. The summed E-state index contributed by atoms with van der Waals surface area (Å²) in [7, 11) is 0. The van der Waals surface area contributed by atoms with Crippen LogP contribution in [0.4, 0.5) is 17.1 Å². The first-order chi connectivity index (χ1) is 26.7. The van der Waals surface area contributed by atoms with Gasteiger partial charge in [-0.1, -0.05) is 161 Å². The van der Waals surface area contributed by atoms with Crippen LogP contribution >= 0.6 is 0 Å².